The number of carbonyl (C=O) groups excluding carboxylic acids is 1. The van der Waals surface area contributed by atoms with Crippen LogP contribution in [0.2, 0.25) is 0 Å². The molecule has 21 heavy (non-hydrogen) atoms. The summed E-state index contributed by atoms with van der Waals surface area (Å²) in [6.07, 6.45) is 0.649. The van der Waals surface area contributed by atoms with E-state index in [-0.39, 0.29) is 11.8 Å². The fourth-order valence-corrected chi connectivity index (χ4v) is 3.26. The highest BCUT2D eigenvalue weighted by molar-refractivity contribution is 9.10. The van der Waals surface area contributed by atoms with Crippen LogP contribution < -0.4 is 9.64 Å². The van der Waals surface area contributed by atoms with Gasteiger partial charge in [0, 0.05) is 17.2 Å². The number of halogens is 1. The average Bonchev–Trinajstić information content (AvgIpc) is 2.72. The number of carbonyl (C=O) groups is 1. The second kappa shape index (κ2) is 5.53. The van der Waals surface area contributed by atoms with Crippen LogP contribution in [0.3, 0.4) is 0 Å². The number of fused-ring (bicyclic) bond motifs is 1. The van der Waals surface area contributed by atoms with Gasteiger partial charge in [-0.2, -0.15) is 0 Å². The summed E-state index contributed by atoms with van der Waals surface area (Å²) in [5, 5.41) is 0. The standard InChI is InChI=1S/C17H16BrNO2/c1-19-15-8-7-12(18)10-13(15)14(17(19)20)9-11-5-3-4-6-16(11)21-2/h3-8,10,14H,9H2,1-2H3. The third-order valence-corrected chi connectivity index (χ3v) is 4.46. The van der Waals surface area contributed by atoms with Crippen LogP contribution in [-0.2, 0) is 11.2 Å². The SMILES string of the molecule is COc1ccccc1CC1C(=O)N(C)c2ccc(Br)cc21. The van der Waals surface area contributed by atoms with E-state index >= 15 is 0 Å². The number of hydrogen-bond acceptors (Lipinski definition) is 2. The van der Waals surface area contributed by atoms with Gasteiger partial charge in [-0.15, -0.1) is 0 Å². The predicted octanol–water partition coefficient (Wildman–Crippen LogP) is 3.76. The summed E-state index contributed by atoms with van der Waals surface area (Å²) in [6, 6.07) is 13.9. The van der Waals surface area contributed by atoms with Crippen LogP contribution in [0, 0.1) is 0 Å². The Kier molecular flexibility index (Phi) is 3.72. The number of anilines is 1. The highest BCUT2D eigenvalue weighted by Crippen LogP contribution is 2.40. The maximum Gasteiger partial charge on any atom is 0.234 e. The molecule has 0 fully saturated rings. The fraction of sp³-hybridized carbons (Fsp3) is 0.235. The molecule has 0 spiro atoms. The maximum atomic E-state index is 12.5. The molecule has 1 aliphatic heterocycles. The van der Waals surface area contributed by atoms with Crippen molar-refractivity contribution < 1.29 is 9.53 Å². The summed E-state index contributed by atoms with van der Waals surface area (Å²) in [6.45, 7) is 0. The molecule has 1 aliphatic rings. The number of ether oxygens (including phenoxy) is 1. The van der Waals surface area contributed by atoms with E-state index in [9.17, 15) is 4.79 Å². The summed E-state index contributed by atoms with van der Waals surface area (Å²) < 4.78 is 6.39. The monoisotopic (exact) mass is 345 g/mol. The van der Waals surface area contributed by atoms with E-state index in [1.54, 1.807) is 12.0 Å². The molecule has 0 saturated carbocycles. The molecule has 1 atom stereocenters. The summed E-state index contributed by atoms with van der Waals surface area (Å²) in [7, 11) is 3.49. The minimum Gasteiger partial charge on any atom is -0.496 e. The van der Waals surface area contributed by atoms with E-state index in [0.29, 0.717) is 6.42 Å². The summed E-state index contributed by atoms with van der Waals surface area (Å²) >= 11 is 3.49. The quantitative estimate of drug-likeness (QED) is 0.847. The average molecular weight is 346 g/mol. The Balaban J connectivity index is 2.00. The molecule has 0 N–H and O–H groups in total. The molecule has 108 valence electrons. The fourth-order valence-electron chi connectivity index (χ4n) is 2.88. The number of methoxy groups -OCH3 is 1. The second-order valence-corrected chi connectivity index (χ2v) is 6.08. The molecule has 0 aliphatic carbocycles. The number of hydrogen-bond donors (Lipinski definition) is 0. The first kappa shape index (κ1) is 14.1. The van der Waals surface area contributed by atoms with Crippen LogP contribution in [0.4, 0.5) is 5.69 Å². The molecular formula is C17H16BrNO2. The van der Waals surface area contributed by atoms with Crippen molar-refractivity contribution in [3.63, 3.8) is 0 Å². The lowest BCUT2D eigenvalue weighted by molar-refractivity contribution is -0.119. The van der Waals surface area contributed by atoms with E-state index in [0.717, 1.165) is 27.0 Å². The van der Waals surface area contributed by atoms with Gasteiger partial charge in [-0.05, 0) is 41.8 Å². The van der Waals surface area contributed by atoms with Gasteiger partial charge in [-0.1, -0.05) is 34.1 Å². The highest BCUT2D eigenvalue weighted by atomic mass is 79.9. The molecule has 3 rings (SSSR count). The van der Waals surface area contributed by atoms with Crippen LogP contribution in [0.1, 0.15) is 17.0 Å². The Bertz CT molecular complexity index is 699. The molecule has 4 heteroatoms. The third-order valence-electron chi connectivity index (χ3n) is 3.97. The zero-order valence-electron chi connectivity index (χ0n) is 12.0. The van der Waals surface area contributed by atoms with Gasteiger partial charge in [0.1, 0.15) is 5.75 Å². The minimum absolute atomic E-state index is 0.133. The van der Waals surface area contributed by atoms with Crippen molar-refractivity contribution in [1.29, 1.82) is 0 Å². The van der Waals surface area contributed by atoms with E-state index in [1.807, 2.05) is 49.5 Å². The van der Waals surface area contributed by atoms with Crippen LogP contribution in [-0.4, -0.2) is 20.1 Å². The first-order valence-corrected chi connectivity index (χ1v) is 7.60. The van der Waals surface area contributed by atoms with E-state index in [2.05, 4.69) is 15.9 Å². The molecule has 1 unspecified atom stereocenters. The van der Waals surface area contributed by atoms with Gasteiger partial charge in [0.05, 0.1) is 13.0 Å². The van der Waals surface area contributed by atoms with Gasteiger partial charge in [-0.3, -0.25) is 4.79 Å². The first-order valence-electron chi connectivity index (χ1n) is 6.80. The van der Waals surface area contributed by atoms with Gasteiger partial charge in [-0.25, -0.2) is 0 Å². The summed E-state index contributed by atoms with van der Waals surface area (Å²) in [5.74, 6) is 0.809. The first-order chi connectivity index (χ1) is 10.1. The Morgan fingerprint density at radius 1 is 1.24 bits per heavy atom. The van der Waals surface area contributed by atoms with Crippen molar-refractivity contribution in [2.45, 2.75) is 12.3 Å². The summed E-state index contributed by atoms with van der Waals surface area (Å²) in [4.78, 5) is 14.3. The van der Waals surface area contributed by atoms with E-state index in [1.165, 1.54) is 0 Å². The normalized spacial score (nSPS) is 17.0. The molecule has 0 aromatic heterocycles. The molecule has 0 saturated heterocycles. The number of amides is 1. The zero-order valence-corrected chi connectivity index (χ0v) is 13.6. The molecule has 1 heterocycles. The molecule has 0 radical (unpaired) electrons. The van der Waals surface area contributed by atoms with Crippen molar-refractivity contribution in [3.8, 4) is 5.75 Å². The topological polar surface area (TPSA) is 29.5 Å². The minimum atomic E-state index is -0.154. The van der Waals surface area contributed by atoms with Gasteiger partial charge >= 0.3 is 0 Å². The smallest absolute Gasteiger partial charge is 0.234 e. The lowest BCUT2D eigenvalue weighted by Crippen LogP contribution is -2.24. The molecule has 2 aromatic rings. The predicted molar refractivity (Wildman–Crippen MR) is 87.0 cm³/mol. The van der Waals surface area contributed by atoms with Gasteiger partial charge in [0.25, 0.3) is 0 Å². The van der Waals surface area contributed by atoms with Crippen molar-refractivity contribution >= 4 is 27.5 Å². The van der Waals surface area contributed by atoms with E-state index < -0.39 is 0 Å². The lowest BCUT2D eigenvalue weighted by Gasteiger charge is -2.13. The van der Waals surface area contributed by atoms with Gasteiger partial charge < -0.3 is 9.64 Å². The van der Waals surface area contributed by atoms with Gasteiger partial charge in [0.2, 0.25) is 5.91 Å². The number of para-hydroxylation sites is 1. The summed E-state index contributed by atoms with van der Waals surface area (Å²) in [5.41, 5.74) is 3.12. The molecule has 0 bridgehead atoms. The third kappa shape index (κ3) is 2.44. The van der Waals surface area contributed by atoms with Gasteiger partial charge in [0.15, 0.2) is 0 Å². The number of nitrogens with zero attached hydrogens (tertiary/aromatic N) is 1. The lowest BCUT2D eigenvalue weighted by atomic mass is 9.93. The number of likely N-dealkylation sites (N-methyl/N-ethyl adjacent to an activating group) is 1. The van der Waals surface area contributed by atoms with Crippen molar-refractivity contribution in [1.82, 2.24) is 0 Å². The van der Waals surface area contributed by atoms with Crippen LogP contribution >= 0.6 is 15.9 Å². The van der Waals surface area contributed by atoms with Crippen LogP contribution in [0.5, 0.6) is 5.75 Å². The van der Waals surface area contributed by atoms with E-state index in [4.69, 9.17) is 4.74 Å². The molecule has 3 nitrogen and oxygen atoms in total. The Hall–Kier alpha value is -1.81. The number of benzene rings is 2. The van der Waals surface area contributed by atoms with Crippen molar-refractivity contribution in [2.24, 2.45) is 0 Å². The zero-order chi connectivity index (χ0) is 15.0. The molecule has 1 amide bonds. The van der Waals surface area contributed by atoms with Crippen LogP contribution in [0.25, 0.3) is 0 Å². The second-order valence-electron chi connectivity index (χ2n) is 5.17. The highest BCUT2D eigenvalue weighted by Gasteiger charge is 2.35. The Morgan fingerprint density at radius 2 is 2.00 bits per heavy atom. The van der Waals surface area contributed by atoms with Crippen LogP contribution in [0.15, 0.2) is 46.9 Å². The van der Waals surface area contributed by atoms with Crippen molar-refractivity contribution in [3.05, 3.63) is 58.1 Å². The van der Waals surface area contributed by atoms with Crippen molar-refractivity contribution in [2.75, 3.05) is 19.1 Å². The Morgan fingerprint density at radius 3 is 2.76 bits per heavy atom. The molecule has 2 aromatic carbocycles. The molecular weight excluding hydrogens is 330 g/mol. The Labute approximate surface area is 132 Å². The maximum absolute atomic E-state index is 12.5. The number of rotatable bonds is 3. The largest absolute Gasteiger partial charge is 0.496 e.